The number of aryl methyl sites for hydroxylation is 2. The van der Waals surface area contributed by atoms with Crippen LogP contribution in [-0.4, -0.2) is 44.0 Å². The van der Waals surface area contributed by atoms with Crippen LogP contribution in [0.15, 0.2) is 28.8 Å². The van der Waals surface area contributed by atoms with Crippen LogP contribution >= 0.6 is 0 Å². The van der Waals surface area contributed by atoms with E-state index in [1.165, 1.54) is 0 Å². The number of nitrogens with one attached hydrogen (secondary N) is 1. The van der Waals surface area contributed by atoms with Gasteiger partial charge in [0.1, 0.15) is 5.82 Å². The molecule has 0 unspecified atom stereocenters. The highest BCUT2D eigenvalue weighted by Gasteiger charge is 2.26. The Morgan fingerprint density at radius 2 is 2.19 bits per heavy atom. The zero-order valence-corrected chi connectivity index (χ0v) is 15.6. The average Bonchev–Trinajstić information content (AvgIpc) is 3.33. The lowest BCUT2D eigenvalue weighted by Gasteiger charge is -2.31. The SMILES string of the molecule is CCCc1noc(CCC(=O)N2CCC[C@@H](c3nc4ccccc4[nH]3)C2)n1. The smallest absolute Gasteiger partial charge is 0.227 e. The standard InChI is InChI=1S/C20H25N5O2/c1-2-6-17-23-18(27-24-17)10-11-19(26)25-12-5-7-14(13-25)20-21-15-8-3-4-9-16(15)22-20/h3-4,8-9,14H,2,5-7,10-13H2,1H3,(H,21,22)/t14-/m1/s1. The van der Waals surface area contributed by atoms with E-state index in [-0.39, 0.29) is 11.8 Å². The van der Waals surface area contributed by atoms with Crippen LogP contribution in [0.5, 0.6) is 0 Å². The van der Waals surface area contributed by atoms with E-state index in [9.17, 15) is 4.79 Å². The van der Waals surface area contributed by atoms with Crippen molar-refractivity contribution in [1.29, 1.82) is 0 Å². The van der Waals surface area contributed by atoms with Crippen LogP contribution in [0.3, 0.4) is 0 Å². The lowest BCUT2D eigenvalue weighted by atomic mass is 9.97. The number of likely N-dealkylation sites (tertiary alicyclic amines) is 1. The second-order valence-corrected chi connectivity index (χ2v) is 7.17. The molecule has 1 aromatic carbocycles. The van der Waals surface area contributed by atoms with Gasteiger partial charge in [0.15, 0.2) is 5.82 Å². The first kappa shape index (κ1) is 17.7. The highest BCUT2D eigenvalue weighted by atomic mass is 16.5. The molecular formula is C20H25N5O2. The van der Waals surface area contributed by atoms with E-state index in [0.717, 1.165) is 54.9 Å². The maximum atomic E-state index is 12.7. The number of rotatable bonds is 6. The molecule has 1 saturated heterocycles. The van der Waals surface area contributed by atoms with Crippen LogP contribution in [0.1, 0.15) is 56.1 Å². The monoisotopic (exact) mass is 367 g/mol. The minimum Gasteiger partial charge on any atom is -0.342 e. The number of carbonyl (C=O) groups excluding carboxylic acids is 1. The predicted molar refractivity (Wildman–Crippen MR) is 101 cm³/mol. The summed E-state index contributed by atoms with van der Waals surface area (Å²) in [6, 6.07) is 8.05. The summed E-state index contributed by atoms with van der Waals surface area (Å²) in [6.07, 6.45) is 4.74. The maximum Gasteiger partial charge on any atom is 0.227 e. The molecule has 1 amide bonds. The Morgan fingerprint density at radius 1 is 1.30 bits per heavy atom. The molecule has 7 nitrogen and oxygen atoms in total. The zero-order chi connectivity index (χ0) is 18.6. The van der Waals surface area contributed by atoms with E-state index in [1.807, 2.05) is 29.2 Å². The minimum atomic E-state index is 0.144. The van der Waals surface area contributed by atoms with Crippen molar-refractivity contribution in [2.45, 2.75) is 51.4 Å². The van der Waals surface area contributed by atoms with Crippen LogP contribution in [0.2, 0.25) is 0 Å². The van der Waals surface area contributed by atoms with E-state index in [0.29, 0.717) is 25.3 Å². The van der Waals surface area contributed by atoms with Gasteiger partial charge in [0.25, 0.3) is 0 Å². The van der Waals surface area contributed by atoms with Crippen molar-refractivity contribution < 1.29 is 9.32 Å². The summed E-state index contributed by atoms with van der Waals surface area (Å²) in [7, 11) is 0. The Morgan fingerprint density at radius 3 is 3.04 bits per heavy atom. The summed E-state index contributed by atoms with van der Waals surface area (Å²) < 4.78 is 5.23. The molecule has 142 valence electrons. The number of hydrogen-bond donors (Lipinski definition) is 1. The third-order valence-electron chi connectivity index (χ3n) is 5.10. The highest BCUT2D eigenvalue weighted by molar-refractivity contribution is 5.77. The van der Waals surface area contributed by atoms with Gasteiger partial charge in [0.2, 0.25) is 11.8 Å². The maximum absolute atomic E-state index is 12.7. The van der Waals surface area contributed by atoms with Crippen LogP contribution in [-0.2, 0) is 17.6 Å². The summed E-state index contributed by atoms with van der Waals surface area (Å²) in [5.74, 6) is 2.66. The van der Waals surface area contributed by atoms with Gasteiger partial charge in [0, 0.05) is 38.3 Å². The van der Waals surface area contributed by atoms with Crippen molar-refractivity contribution in [2.75, 3.05) is 13.1 Å². The molecule has 0 saturated carbocycles. The molecule has 2 aromatic heterocycles. The van der Waals surface area contributed by atoms with Crippen LogP contribution in [0, 0.1) is 0 Å². The Bertz CT molecular complexity index is 883. The molecule has 1 N–H and O–H groups in total. The van der Waals surface area contributed by atoms with Gasteiger partial charge in [-0.1, -0.05) is 24.2 Å². The fourth-order valence-electron chi connectivity index (χ4n) is 3.68. The van der Waals surface area contributed by atoms with E-state index >= 15 is 0 Å². The topological polar surface area (TPSA) is 87.9 Å². The first-order chi connectivity index (χ1) is 13.2. The fourth-order valence-corrected chi connectivity index (χ4v) is 3.68. The molecule has 0 spiro atoms. The van der Waals surface area contributed by atoms with Crippen molar-refractivity contribution in [1.82, 2.24) is 25.0 Å². The molecule has 1 atom stereocenters. The summed E-state index contributed by atoms with van der Waals surface area (Å²) >= 11 is 0. The molecule has 0 aliphatic carbocycles. The quantitative estimate of drug-likeness (QED) is 0.722. The summed E-state index contributed by atoms with van der Waals surface area (Å²) in [5, 5.41) is 3.95. The second-order valence-electron chi connectivity index (χ2n) is 7.17. The first-order valence-electron chi connectivity index (χ1n) is 9.77. The normalized spacial score (nSPS) is 17.5. The fraction of sp³-hybridized carbons (Fsp3) is 0.500. The molecule has 7 heteroatoms. The van der Waals surface area contributed by atoms with Gasteiger partial charge in [-0.3, -0.25) is 4.79 Å². The van der Waals surface area contributed by atoms with Gasteiger partial charge in [0.05, 0.1) is 11.0 Å². The average molecular weight is 367 g/mol. The number of aromatic nitrogens is 4. The van der Waals surface area contributed by atoms with Crippen LogP contribution in [0.4, 0.5) is 0 Å². The number of piperidine rings is 1. The number of hydrogen-bond acceptors (Lipinski definition) is 5. The molecule has 4 rings (SSSR count). The van der Waals surface area contributed by atoms with Crippen molar-refractivity contribution >= 4 is 16.9 Å². The van der Waals surface area contributed by atoms with Gasteiger partial charge in [-0.15, -0.1) is 0 Å². The third-order valence-corrected chi connectivity index (χ3v) is 5.10. The number of para-hydroxylation sites is 2. The lowest BCUT2D eigenvalue weighted by Crippen LogP contribution is -2.39. The van der Waals surface area contributed by atoms with Gasteiger partial charge in [-0.05, 0) is 31.4 Å². The van der Waals surface area contributed by atoms with Crippen molar-refractivity contribution in [3.8, 4) is 0 Å². The number of fused-ring (bicyclic) bond motifs is 1. The predicted octanol–water partition coefficient (Wildman–Crippen LogP) is 3.24. The number of amides is 1. The van der Waals surface area contributed by atoms with Gasteiger partial charge < -0.3 is 14.4 Å². The molecule has 1 aliphatic rings. The van der Waals surface area contributed by atoms with Crippen molar-refractivity contribution in [3.05, 3.63) is 41.8 Å². The van der Waals surface area contributed by atoms with Crippen molar-refractivity contribution in [3.63, 3.8) is 0 Å². The molecular weight excluding hydrogens is 342 g/mol. The molecule has 0 bridgehead atoms. The summed E-state index contributed by atoms with van der Waals surface area (Å²) in [6.45, 7) is 3.60. The Hall–Kier alpha value is -2.70. The summed E-state index contributed by atoms with van der Waals surface area (Å²) in [5.41, 5.74) is 2.03. The third kappa shape index (κ3) is 4.02. The van der Waals surface area contributed by atoms with Crippen LogP contribution in [0.25, 0.3) is 11.0 Å². The highest BCUT2D eigenvalue weighted by Crippen LogP contribution is 2.27. The first-order valence-corrected chi connectivity index (χ1v) is 9.77. The Balaban J connectivity index is 1.36. The van der Waals surface area contributed by atoms with Crippen molar-refractivity contribution in [2.24, 2.45) is 0 Å². The molecule has 3 heterocycles. The van der Waals surface area contributed by atoms with E-state index < -0.39 is 0 Å². The number of nitrogens with zero attached hydrogens (tertiary/aromatic N) is 4. The van der Waals surface area contributed by atoms with E-state index in [4.69, 9.17) is 9.51 Å². The number of aromatic amines is 1. The molecule has 1 fully saturated rings. The van der Waals surface area contributed by atoms with E-state index in [1.54, 1.807) is 0 Å². The number of benzene rings is 1. The van der Waals surface area contributed by atoms with Gasteiger partial charge >= 0.3 is 0 Å². The van der Waals surface area contributed by atoms with E-state index in [2.05, 4.69) is 22.0 Å². The number of carbonyl (C=O) groups is 1. The zero-order valence-electron chi connectivity index (χ0n) is 15.6. The molecule has 1 aliphatic heterocycles. The van der Waals surface area contributed by atoms with Gasteiger partial charge in [-0.2, -0.15) is 4.98 Å². The van der Waals surface area contributed by atoms with Gasteiger partial charge in [-0.25, -0.2) is 4.98 Å². The molecule has 27 heavy (non-hydrogen) atoms. The minimum absolute atomic E-state index is 0.144. The Labute approximate surface area is 158 Å². The van der Waals surface area contributed by atoms with Crippen LogP contribution < -0.4 is 0 Å². The lowest BCUT2D eigenvalue weighted by molar-refractivity contribution is -0.132. The molecule has 3 aromatic rings. The second kappa shape index (κ2) is 7.90. The summed E-state index contributed by atoms with van der Waals surface area (Å²) in [4.78, 5) is 27.1. The Kier molecular flexibility index (Phi) is 5.18. The largest absolute Gasteiger partial charge is 0.342 e. The molecule has 0 radical (unpaired) electrons. The number of H-pyrrole nitrogens is 1. The number of imidazole rings is 1.